The Kier molecular flexibility index (Phi) is 4.24. The maximum absolute atomic E-state index is 6.09. The molecule has 1 fully saturated rings. The Bertz CT molecular complexity index is 1090. The maximum Gasteiger partial charge on any atom is 0.230 e. The first-order chi connectivity index (χ1) is 14.7. The highest BCUT2D eigenvalue weighted by Gasteiger charge is 2.40. The van der Waals surface area contributed by atoms with Crippen LogP contribution in [0.3, 0.4) is 0 Å². The van der Waals surface area contributed by atoms with Crippen molar-refractivity contribution in [1.29, 1.82) is 0 Å². The van der Waals surface area contributed by atoms with Gasteiger partial charge in [0, 0.05) is 13.0 Å². The third-order valence-electron chi connectivity index (χ3n) is 7.49. The quantitative estimate of drug-likeness (QED) is 0.616. The van der Waals surface area contributed by atoms with E-state index in [9.17, 15) is 0 Å². The van der Waals surface area contributed by atoms with E-state index in [-0.39, 0.29) is 0 Å². The maximum atomic E-state index is 6.09. The molecule has 0 atom stereocenters. The Hall–Kier alpha value is -2.59. The average Bonchev–Trinajstić information content (AvgIpc) is 3.48. The van der Waals surface area contributed by atoms with Crippen LogP contribution < -0.4 is 4.74 Å². The normalized spacial score (nSPS) is 19.6. The van der Waals surface area contributed by atoms with Crippen molar-refractivity contribution >= 4 is 0 Å². The molecule has 0 amide bonds. The summed E-state index contributed by atoms with van der Waals surface area (Å²) >= 11 is 0. The highest BCUT2D eigenvalue weighted by molar-refractivity contribution is 5.66. The molecule has 30 heavy (non-hydrogen) atoms. The van der Waals surface area contributed by atoms with Crippen molar-refractivity contribution in [2.75, 3.05) is 19.7 Å². The Morgan fingerprint density at radius 3 is 2.70 bits per heavy atom. The zero-order valence-corrected chi connectivity index (χ0v) is 17.6. The van der Waals surface area contributed by atoms with E-state index in [4.69, 9.17) is 14.1 Å². The van der Waals surface area contributed by atoms with Gasteiger partial charge in [-0.3, -0.25) is 4.90 Å². The van der Waals surface area contributed by atoms with Gasteiger partial charge in [-0.25, -0.2) is 4.98 Å². The third kappa shape index (κ3) is 2.89. The number of likely N-dealkylation sites (tertiary alicyclic amines) is 1. The van der Waals surface area contributed by atoms with E-state index in [1.807, 2.05) is 6.92 Å². The predicted molar refractivity (Wildman–Crippen MR) is 117 cm³/mol. The standard InChI is InChI=1S/C26H28N2O2/c1-18-23(27-25(30-18)21-7-4-6-20-10-16-29-24(20)21)17-28-14-12-26(13-15-28)11-9-19-5-2-3-8-22(19)26/h2-8H,9-17H2,1H3. The lowest BCUT2D eigenvalue weighted by atomic mass is 9.74. The van der Waals surface area contributed by atoms with Gasteiger partial charge in [0.15, 0.2) is 0 Å². The van der Waals surface area contributed by atoms with Gasteiger partial charge in [-0.15, -0.1) is 0 Å². The summed E-state index contributed by atoms with van der Waals surface area (Å²) in [7, 11) is 0. The summed E-state index contributed by atoms with van der Waals surface area (Å²) in [5, 5.41) is 0. The van der Waals surface area contributed by atoms with Crippen LogP contribution in [0.5, 0.6) is 5.75 Å². The molecule has 0 radical (unpaired) electrons. The van der Waals surface area contributed by atoms with E-state index < -0.39 is 0 Å². The number of rotatable bonds is 3. The lowest BCUT2D eigenvalue weighted by Crippen LogP contribution is -2.41. The van der Waals surface area contributed by atoms with Crippen LogP contribution in [0.1, 0.15) is 47.4 Å². The van der Waals surface area contributed by atoms with Gasteiger partial charge < -0.3 is 9.15 Å². The first-order valence-corrected chi connectivity index (χ1v) is 11.2. The average molecular weight is 401 g/mol. The first kappa shape index (κ1) is 18.2. The smallest absolute Gasteiger partial charge is 0.230 e. The second kappa shape index (κ2) is 6.98. The molecule has 6 rings (SSSR count). The summed E-state index contributed by atoms with van der Waals surface area (Å²) in [6, 6.07) is 15.3. The molecular weight excluding hydrogens is 372 g/mol. The van der Waals surface area contributed by atoms with E-state index in [0.29, 0.717) is 11.3 Å². The van der Waals surface area contributed by atoms with Gasteiger partial charge in [0.2, 0.25) is 5.89 Å². The molecular formula is C26H28N2O2. The molecule has 1 saturated heterocycles. The van der Waals surface area contributed by atoms with E-state index in [2.05, 4.69) is 47.4 Å². The summed E-state index contributed by atoms with van der Waals surface area (Å²) in [5.41, 5.74) is 6.88. The van der Waals surface area contributed by atoms with Crippen molar-refractivity contribution in [1.82, 2.24) is 9.88 Å². The number of fused-ring (bicyclic) bond motifs is 3. The lowest BCUT2D eigenvalue weighted by molar-refractivity contribution is 0.150. The molecule has 0 bridgehead atoms. The fourth-order valence-electron chi connectivity index (χ4n) is 5.71. The highest BCUT2D eigenvalue weighted by atomic mass is 16.5. The van der Waals surface area contributed by atoms with Crippen LogP contribution >= 0.6 is 0 Å². The van der Waals surface area contributed by atoms with Crippen molar-refractivity contribution in [3.8, 4) is 17.2 Å². The van der Waals surface area contributed by atoms with Gasteiger partial charge in [-0.1, -0.05) is 36.4 Å². The van der Waals surface area contributed by atoms with Crippen molar-refractivity contribution in [2.24, 2.45) is 0 Å². The Morgan fingerprint density at radius 1 is 0.967 bits per heavy atom. The number of hydrogen-bond acceptors (Lipinski definition) is 4. The molecule has 2 aliphatic heterocycles. The molecule has 154 valence electrons. The molecule has 3 heterocycles. The molecule has 1 spiro atoms. The molecule has 4 heteroatoms. The zero-order chi connectivity index (χ0) is 20.1. The van der Waals surface area contributed by atoms with Crippen molar-refractivity contribution in [3.63, 3.8) is 0 Å². The molecule has 0 saturated carbocycles. The number of aryl methyl sites for hydroxylation is 2. The van der Waals surface area contributed by atoms with Gasteiger partial charge in [0.05, 0.1) is 17.9 Å². The van der Waals surface area contributed by atoms with Gasteiger partial charge in [0.1, 0.15) is 11.5 Å². The van der Waals surface area contributed by atoms with Crippen LogP contribution in [0.2, 0.25) is 0 Å². The van der Waals surface area contributed by atoms with Crippen LogP contribution in [0, 0.1) is 6.92 Å². The third-order valence-corrected chi connectivity index (χ3v) is 7.49. The number of aromatic nitrogens is 1. The number of oxazole rings is 1. The van der Waals surface area contributed by atoms with E-state index in [1.54, 1.807) is 11.1 Å². The summed E-state index contributed by atoms with van der Waals surface area (Å²) in [6.07, 6.45) is 6.01. The van der Waals surface area contributed by atoms with E-state index in [1.165, 1.54) is 31.2 Å². The van der Waals surface area contributed by atoms with E-state index in [0.717, 1.165) is 55.4 Å². The molecule has 1 aliphatic carbocycles. The van der Waals surface area contributed by atoms with Gasteiger partial charge in [-0.2, -0.15) is 0 Å². The van der Waals surface area contributed by atoms with Gasteiger partial charge in [-0.05, 0) is 73.9 Å². The lowest BCUT2D eigenvalue weighted by Gasteiger charge is -2.40. The molecule has 0 unspecified atom stereocenters. The van der Waals surface area contributed by atoms with Crippen LogP contribution in [0.15, 0.2) is 46.9 Å². The Morgan fingerprint density at radius 2 is 1.80 bits per heavy atom. The fraction of sp³-hybridized carbons (Fsp3) is 0.423. The summed E-state index contributed by atoms with van der Waals surface area (Å²) in [6.45, 7) is 5.90. The molecule has 2 aromatic carbocycles. The topological polar surface area (TPSA) is 38.5 Å². The van der Waals surface area contributed by atoms with Crippen LogP contribution in [0.25, 0.3) is 11.5 Å². The first-order valence-electron chi connectivity index (χ1n) is 11.2. The number of ether oxygens (including phenoxy) is 1. The van der Waals surface area contributed by atoms with Crippen LogP contribution in [-0.2, 0) is 24.8 Å². The Labute approximate surface area is 177 Å². The van der Waals surface area contributed by atoms with Crippen LogP contribution in [0.4, 0.5) is 0 Å². The number of piperidine rings is 1. The number of benzene rings is 2. The summed E-state index contributed by atoms with van der Waals surface area (Å²) < 4.78 is 11.9. The van der Waals surface area contributed by atoms with E-state index >= 15 is 0 Å². The highest BCUT2D eigenvalue weighted by Crippen LogP contribution is 2.46. The van der Waals surface area contributed by atoms with Crippen LogP contribution in [-0.4, -0.2) is 29.6 Å². The largest absolute Gasteiger partial charge is 0.492 e. The number of para-hydroxylation sites is 1. The van der Waals surface area contributed by atoms with Crippen molar-refractivity contribution in [3.05, 3.63) is 70.6 Å². The SMILES string of the molecule is Cc1oc(-c2cccc3c2OCC3)nc1CN1CCC2(CCc3ccccc32)CC1. The number of hydrogen-bond donors (Lipinski definition) is 0. The fourth-order valence-corrected chi connectivity index (χ4v) is 5.71. The minimum absolute atomic E-state index is 0.402. The second-order valence-corrected chi connectivity index (χ2v) is 9.13. The second-order valence-electron chi connectivity index (χ2n) is 9.13. The monoisotopic (exact) mass is 400 g/mol. The summed E-state index contributed by atoms with van der Waals surface area (Å²) in [5.74, 6) is 2.57. The minimum Gasteiger partial charge on any atom is -0.492 e. The molecule has 3 aromatic rings. The molecule has 3 aliphatic rings. The molecule has 4 nitrogen and oxygen atoms in total. The van der Waals surface area contributed by atoms with Gasteiger partial charge in [0.25, 0.3) is 0 Å². The zero-order valence-electron chi connectivity index (χ0n) is 17.6. The molecule has 0 N–H and O–H groups in total. The number of nitrogens with zero attached hydrogens (tertiary/aromatic N) is 2. The van der Waals surface area contributed by atoms with Gasteiger partial charge >= 0.3 is 0 Å². The van der Waals surface area contributed by atoms with Crippen molar-refractivity contribution < 1.29 is 9.15 Å². The summed E-state index contributed by atoms with van der Waals surface area (Å²) in [4.78, 5) is 7.44. The molecule has 1 aromatic heterocycles. The predicted octanol–water partition coefficient (Wildman–Crippen LogP) is 5.06. The Balaban J connectivity index is 1.18. The van der Waals surface area contributed by atoms with Crippen molar-refractivity contribution in [2.45, 2.75) is 51.0 Å². The minimum atomic E-state index is 0.402.